The molecule has 0 saturated carbocycles. The molecule has 1 aromatic heterocycles. The van der Waals surface area contributed by atoms with E-state index in [-0.39, 0.29) is 12.2 Å². The van der Waals surface area contributed by atoms with E-state index in [1.54, 1.807) is 12.3 Å². The van der Waals surface area contributed by atoms with E-state index >= 15 is 0 Å². The lowest BCUT2D eigenvalue weighted by molar-refractivity contribution is -0.137. The molecule has 0 aliphatic rings. The Labute approximate surface area is 135 Å². The highest BCUT2D eigenvalue weighted by Crippen LogP contribution is 2.37. The average Bonchev–Trinajstić information content (AvgIpc) is 2.81. The monoisotopic (exact) mass is 395 g/mol. The molecule has 1 heterocycles. The average molecular weight is 397 g/mol. The van der Waals surface area contributed by atoms with Crippen LogP contribution in [0.25, 0.3) is 0 Å². The Morgan fingerprint density at radius 2 is 2.14 bits per heavy atom. The van der Waals surface area contributed by atoms with Crippen LogP contribution in [-0.4, -0.2) is 4.98 Å². The van der Waals surface area contributed by atoms with E-state index in [0.717, 1.165) is 17.0 Å². The van der Waals surface area contributed by atoms with E-state index in [4.69, 9.17) is 16.9 Å². The Morgan fingerprint density at radius 3 is 2.67 bits per heavy atom. The summed E-state index contributed by atoms with van der Waals surface area (Å²) in [6.07, 6.45) is -3.04. The minimum Gasteiger partial charge on any atom is -0.379 e. The number of hydrogen-bond acceptors (Lipinski definition) is 4. The Kier molecular flexibility index (Phi) is 4.76. The molecule has 9 heteroatoms. The number of nitrogens with zero attached hydrogens (tertiary/aromatic N) is 2. The van der Waals surface area contributed by atoms with Gasteiger partial charge in [-0.15, -0.1) is 11.3 Å². The van der Waals surface area contributed by atoms with Crippen LogP contribution in [0.15, 0.2) is 22.8 Å². The molecular formula is C12H6BrClF3N3S. The normalized spacial score (nSPS) is 11.2. The van der Waals surface area contributed by atoms with Crippen molar-refractivity contribution in [1.82, 2.24) is 4.98 Å². The first-order chi connectivity index (χ1) is 9.81. The van der Waals surface area contributed by atoms with Crippen LogP contribution < -0.4 is 5.32 Å². The van der Waals surface area contributed by atoms with E-state index in [2.05, 4.69) is 26.2 Å². The van der Waals surface area contributed by atoms with Crippen LogP contribution in [0.2, 0.25) is 4.47 Å². The van der Waals surface area contributed by atoms with Crippen LogP contribution in [-0.2, 0) is 12.7 Å². The van der Waals surface area contributed by atoms with Gasteiger partial charge in [0.05, 0.1) is 23.7 Å². The number of hydrogen-bond donors (Lipinski definition) is 1. The van der Waals surface area contributed by atoms with Crippen LogP contribution >= 0.6 is 38.9 Å². The summed E-state index contributed by atoms with van der Waals surface area (Å²) in [7, 11) is 0. The molecule has 0 atom stereocenters. The van der Waals surface area contributed by atoms with Crippen molar-refractivity contribution in [3.8, 4) is 6.07 Å². The smallest absolute Gasteiger partial charge is 0.379 e. The number of benzene rings is 1. The fraction of sp³-hybridized carbons (Fsp3) is 0.167. The summed E-state index contributed by atoms with van der Waals surface area (Å²) in [6.45, 7) is 0.284. The lowest BCUT2D eigenvalue weighted by Gasteiger charge is -2.13. The summed E-state index contributed by atoms with van der Waals surface area (Å²) >= 11 is 10.1. The summed E-state index contributed by atoms with van der Waals surface area (Å²) in [4.78, 5) is 4.63. The fourth-order valence-electron chi connectivity index (χ4n) is 1.58. The van der Waals surface area contributed by atoms with E-state index in [1.807, 2.05) is 0 Å². The number of alkyl halides is 3. The second kappa shape index (κ2) is 6.22. The van der Waals surface area contributed by atoms with E-state index in [0.29, 0.717) is 8.94 Å². The first kappa shape index (κ1) is 16.1. The van der Waals surface area contributed by atoms with Crippen LogP contribution in [0.5, 0.6) is 0 Å². The van der Waals surface area contributed by atoms with Gasteiger partial charge < -0.3 is 5.32 Å². The van der Waals surface area contributed by atoms with Gasteiger partial charge in [0.15, 0.2) is 4.47 Å². The highest BCUT2D eigenvalue weighted by atomic mass is 79.9. The van der Waals surface area contributed by atoms with Crippen molar-refractivity contribution in [3.05, 3.63) is 43.3 Å². The number of aromatic nitrogens is 1. The van der Waals surface area contributed by atoms with Gasteiger partial charge in [-0.25, -0.2) is 4.98 Å². The molecule has 0 unspecified atom stereocenters. The molecule has 1 aromatic carbocycles. The molecule has 110 valence electrons. The van der Waals surface area contributed by atoms with Crippen molar-refractivity contribution >= 4 is 44.6 Å². The van der Waals surface area contributed by atoms with Crippen molar-refractivity contribution < 1.29 is 13.2 Å². The van der Waals surface area contributed by atoms with Crippen molar-refractivity contribution in [2.75, 3.05) is 5.32 Å². The van der Waals surface area contributed by atoms with Gasteiger partial charge in [0.25, 0.3) is 0 Å². The van der Waals surface area contributed by atoms with E-state index < -0.39 is 17.3 Å². The largest absolute Gasteiger partial charge is 0.417 e. The SMILES string of the molecule is N#Cc1cc(Br)c(NCc2cnc(Cl)s2)cc1C(F)(F)F. The van der Waals surface area contributed by atoms with Gasteiger partial charge in [0, 0.05) is 21.2 Å². The van der Waals surface area contributed by atoms with E-state index in [1.165, 1.54) is 11.3 Å². The minimum atomic E-state index is -4.59. The summed E-state index contributed by atoms with van der Waals surface area (Å²) in [5.41, 5.74) is -1.16. The number of nitrogens with one attached hydrogen (secondary N) is 1. The second-order valence-corrected chi connectivity index (χ2v) is 6.47. The lowest BCUT2D eigenvalue weighted by atomic mass is 10.1. The third-order valence-electron chi connectivity index (χ3n) is 2.51. The highest BCUT2D eigenvalue weighted by molar-refractivity contribution is 9.10. The summed E-state index contributed by atoms with van der Waals surface area (Å²) < 4.78 is 39.4. The minimum absolute atomic E-state index is 0.242. The molecule has 21 heavy (non-hydrogen) atoms. The molecule has 0 spiro atoms. The molecule has 3 nitrogen and oxygen atoms in total. The predicted molar refractivity (Wildman–Crippen MR) is 78.3 cm³/mol. The predicted octanol–water partition coefficient (Wildman–Crippen LogP) is 5.06. The van der Waals surface area contributed by atoms with Crippen LogP contribution in [0.1, 0.15) is 16.0 Å². The number of anilines is 1. The van der Waals surface area contributed by atoms with Crippen molar-refractivity contribution in [1.29, 1.82) is 5.26 Å². The standard InChI is InChI=1S/C12H6BrClF3N3S/c13-9-1-6(3-18)8(12(15,16)17)2-10(9)19-4-7-5-20-11(14)21-7/h1-2,5,19H,4H2. The van der Waals surface area contributed by atoms with Gasteiger partial charge in [-0.05, 0) is 28.1 Å². The first-order valence-electron chi connectivity index (χ1n) is 5.46. The molecule has 0 fully saturated rings. The maximum absolute atomic E-state index is 12.9. The van der Waals surface area contributed by atoms with Gasteiger partial charge in [-0.3, -0.25) is 0 Å². The zero-order valence-electron chi connectivity index (χ0n) is 10.1. The maximum Gasteiger partial charge on any atom is 0.417 e. The summed E-state index contributed by atoms with van der Waals surface area (Å²) in [5, 5.41) is 11.7. The topological polar surface area (TPSA) is 48.7 Å². The molecule has 2 rings (SSSR count). The lowest BCUT2D eigenvalue weighted by Crippen LogP contribution is -2.09. The van der Waals surface area contributed by atoms with Gasteiger partial charge >= 0.3 is 6.18 Å². The Hall–Kier alpha value is -1.30. The molecule has 0 radical (unpaired) electrons. The van der Waals surface area contributed by atoms with Gasteiger partial charge in [0.1, 0.15) is 0 Å². The number of rotatable bonds is 3. The van der Waals surface area contributed by atoms with Crippen molar-refractivity contribution in [2.24, 2.45) is 0 Å². The molecule has 1 N–H and O–H groups in total. The molecular weight excluding hydrogens is 391 g/mol. The van der Waals surface area contributed by atoms with Crippen LogP contribution in [0.4, 0.5) is 18.9 Å². The molecule has 0 saturated heterocycles. The van der Waals surface area contributed by atoms with Crippen LogP contribution in [0, 0.1) is 11.3 Å². The van der Waals surface area contributed by atoms with Gasteiger partial charge in [-0.1, -0.05) is 11.6 Å². The summed E-state index contributed by atoms with van der Waals surface area (Å²) in [6, 6.07) is 3.60. The van der Waals surface area contributed by atoms with Crippen LogP contribution in [0.3, 0.4) is 0 Å². The highest BCUT2D eigenvalue weighted by Gasteiger charge is 2.34. The molecule has 0 aliphatic heterocycles. The zero-order chi connectivity index (χ0) is 15.6. The number of thiazole rings is 1. The molecule has 0 aliphatic carbocycles. The second-order valence-electron chi connectivity index (χ2n) is 3.92. The molecule has 2 aromatic rings. The Balaban J connectivity index is 2.29. The van der Waals surface area contributed by atoms with Crippen molar-refractivity contribution in [2.45, 2.75) is 12.7 Å². The fourth-order valence-corrected chi connectivity index (χ4v) is 2.98. The Morgan fingerprint density at radius 1 is 1.43 bits per heavy atom. The van der Waals surface area contributed by atoms with Crippen molar-refractivity contribution in [3.63, 3.8) is 0 Å². The Bertz CT molecular complexity index is 709. The number of halogens is 5. The van der Waals surface area contributed by atoms with Gasteiger partial charge in [-0.2, -0.15) is 18.4 Å². The first-order valence-corrected chi connectivity index (χ1v) is 7.45. The third-order valence-corrected chi connectivity index (χ3v) is 4.28. The maximum atomic E-state index is 12.9. The molecule has 0 amide bonds. The van der Waals surface area contributed by atoms with E-state index in [9.17, 15) is 13.2 Å². The van der Waals surface area contributed by atoms with Gasteiger partial charge in [0.2, 0.25) is 0 Å². The molecule has 0 bridgehead atoms. The zero-order valence-corrected chi connectivity index (χ0v) is 13.3. The summed E-state index contributed by atoms with van der Waals surface area (Å²) in [5.74, 6) is 0. The number of nitriles is 1. The quantitative estimate of drug-likeness (QED) is 0.789. The third kappa shape index (κ3) is 3.87.